The molecule has 0 bridgehead atoms. The normalized spacial score (nSPS) is 14.8. The number of rotatable bonds is 6. The molecule has 2 aromatic heterocycles. The molecule has 2 aromatic rings. The van der Waals surface area contributed by atoms with Crippen molar-refractivity contribution >= 4 is 11.3 Å². The number of nitrogens with two attached hydrogens (primary N) is 1. The molecule has 0 saturated heterocycles. The summed E-state index contributed by atoms with van der Waals surface area (Å²) in [5.41, 5.74) is 7.19. The SMILES string of the molecule is CCn1cncc1C(CN)N(C)C(C)c1cccs1. The van der Waals surface area contributed by atoms with Crippen molar-refractivity contribution in [2.45, 2.75) is 32.5 Å². The minimum atomic E-state index is 0.194. The lowest BCUT2D eigenvalue weighted by Gasteiger charge is -2.32. The number of hydrogen-bond acceptors (Lipinski definition) is 4. The third kappa shape index (κ3) is 2.88. The highest BCUT2D eigenvalue weighted by molar-refractivity contribution is 7.10. The first-order valence-corrected chi connectivity index (χ1v) is 7.52. The molecule has 4 nitrogen and oxygen atoms in total. The predicted molar refractivity (Wildman–Crippen MR) is 80.2 cm³/mol. The van der Waals surface area contributed by atoms with Crippen LogP contribution in [-0.4, -0.2) is 28.0 Å². The van der Waals surface area contributed by atoms with Crippen LogP contribution in [0.5, 0.6) is 0 Å². The molecule has 0 amide bonds. The highest BCUT2D eigenvalue weighted by Gasteiger charge is 2.24. The van der Waals surface area contributed by atoms with Crippen LogP contribution in [0.25, 0.3) is 0 Å². The molecule has 2 rings (SSSR count). The van der Waals surface area contributed by atoms with Crippen molar-refractivity contribution in [3.05, 3.63) is 40.6 Å². The fraction of sp³-hybridized carbons (Fsp3) is 0.500. The molecule has 0 aliphatic carbocycles. The molecule has 104 valence electrons. The maximum absolute atomic E-state index is 6.00. The van der Waals surface area contributed by atoms with E-state index in [-0.39, 0.29) is 6.04 Å². The van der Waals surface area contributed by atoms with E-state index in [0.29, 0.717) is 12.6 Å². The van der Waals surface area contributed by atoms with Crippen molar-refractivity contribution in [2.24, 2.45) is 5.73 Å². The van der Waals surface area contributed by atoms with Crippen LogP contribution >= 0.6 is 11.3 Å². The first-order valence-electron chi connectivity index (χ1n) is 6.64. The molecule has 0 radical (unpaired) electrons. The third-order valence-corrected chi connectivity index (χ3v) is 4.75. The van der Waals surface area contributed by atoms with Gasteiger partial charge in [0.05, 0.1) is 18.1 Å². The molecule has 2 N–H and O–H groups in total. The van der Waals surface area contributed by atoms with Gasteiger partial charge in [0.25, 0.3) is 0 Å². The van der Waals surface area contributed by atoms with E-state index in [2.05, 4.69) is 52.9 Å². The molecule has 0 spiro atoms. The minimum Gasteiger partial charge on any atom is -0.333 e. The van der Waals surface area contributed by atoms with Gasteiger partial charge in [0.2, 0.25) is 0 Å². The molecule has 19 heavy (non-hydrogen) atoms. The first-order chi connectivity index (χ1) is 9.19. The molecule has 5 heteroatoms. The molecule has 0 aliphatic heterocycles. The molecule has 2 heterocycles. The Hall–Kier alpha value is -1.17. The number of likely N-dealkylation sites (N-methyl/N-ethyl adjacent to an activating group) is 1. The lowest BCUT2D eigenvalue weighted by atomic mass is 10.1. The maximum Gasteiger partial charge on any atom is 0.0948 e. The van der Waals surface area contributed by atoms with Crippen molar-refractivity contribution < 1.29 is 0 Å². The van der Waals surface area contributed by atoms with E-state index in [1.807, 2.05) is 12.5 Å². The van der Waals surface area contributed by atoms with Gasteiger partial charge >= 0.3 is 0 Å². The van der Waals surface area contributed by atoms with Crippen LogP contribution in [-0.2, 0) is 6.54 Å². The van der Waals surface area contributed by atoms with Crippen LogP contribution in [0.4, 0.5) is 0 Å². The summed E-state index contributed by atoms with van der Waals surface area (Å²) in [5.74, 6) is 0. The summed E-state index contributed by atoms with van der Waals surface area (Å²) in [5, 5.41) is 2.12. The number of imidazole rings is 1. The smallest absolute Gasteiger partial charge is 0.0948 e. The predicted octanol–water partition coefficient (Wildman–Crippen LogP) is 2.66. The number of aromatic nitrogens is 2. The number of aryl methyl sites for hydroxylation is 1. The van der Waals surface area contributed by atoms with E-state index in [1.165, 1.54) is 10.6 Å². The van der Waals surface area contributed by atoms with Gasteiger partial charge in [-0.3, -0.25) is 4.90 Å². The zero-order valence-electron chi connectivity index (χ0n) is 11.8. The van der Waals surface area contributed by atoms with Crippen LogP contribution in [0.15, 0.2) is 30.0 Å². The fourth-order valence-electron chi connectivity index (χ4n) is 2.37. The topological polar surface area (TPSA) is 47.1 Å². The Morgan fingerprint density at radius 3 is 2.89 bits per heavy atom. The average molecular weight is 278 g/mol. The second kappa shape index (κ2) is 6.32. The highest BCUT2D eigenvalue weighted by atomic mass is 32.1. The molecule has 0 aromatic carbocycles. The van der Waals surface area contributed by atoms with Gasteiger partial charge in [-0.25, -0.2) is 4.98 Å². The van der Waals surface area contributed by atoms with Crippen LogP contribution in [0, 0.1) is 0 Å². The van der Waals surface area contributed by atoms with Crippen molar-refractivity contribution in [1.82, 2.24) is 14.5 Å². The standard InChI is InChI=1S/C14H22N4S/c1-4-18-10-16-9-13(18)12(8-15)17(3)11(2)14-6-5-7-19-14/h5-7,9-12H,4,8,15H2,1-3H3. The second-order valence-corrected chi connectivity index (χ2v) is 5.69. The van der Waals surface area contributed by atoms with E-state index >= 15 is 0 Å². The van der Waals surface area contributed by atoms with Crippen LogP contribution < -0.4 is 5.73 Å². The average Bonchev–Trinajstić information content (AvgIpc) is 3.09. The van der Waals surface area contributed by atoms with Crippen molar-refractivity contribution in [2.75, 3.05) is 13.6 Å². The van der Waals surface area contributed by atoms with Gasteiger partial charge in [0.15, 0.2) is 0 Å². The second-order valence-electron chi connectivity index (χ2n) is 4.71. The van der Waals surface area contributed by atoms with Gasteiger partial charge in [-0.2, -0.15) is 0 Å². The number of nitrogens with zero attached hydrogens (tertiary/aromatic N) is 3. The Balaban J connectivity index is 2.22. The summed E-state index contributed by atoms with van der Waals surface area (Å²) in [6, 6.07) is 4.82. The van der Waals surface area contributed by atoms with E-state index < -0.39 is 0 Å². The Labute approximate surface area is 118 Å². The molecule has 0 fully saturated rings. The van der Waals surface area contributed by atoms with Crippen LogP contribution in [0.3, 0.4) is 0 Å². The van der Waals surface area contributed by atoms with Gasteiger partial charge in [0.1, 0.15) is 0 Å². The molecule has 2 unspecified atom stereocenters. The van der Waals surface area contributed by atoms with E-state index in [0.717, 1.165) is 6.54 Å². The summed E-state index contributed by atoms with van der Waals surface area (Å²) in [6.45, 7) is 5.87. The number of thiophene rings is 1. The molecule has 2 atom stereocenters. The lowest BCUT2D eigenvalue weighted by molar-refractivity contribution is 0.186. The Kier molecular flexibility index (Phi) is 4.74. The highest BCUT2D eigenvalue weighted by Crippen LogP contribution is 2.30. The molecule has 0 saturated carbocycles. The monoisotopic (exact) mass is 278 g/mol. The quantitative estimate of drug-likeness (QED) is 0.883. The zero-order valence-corrected chi connectivity index (χ0v) is 12.6. The summed E-state index contributed by atoms with van der Waals surface area (Å²) in [7, 11) is 2.13. The van der Waals surface area contributed by atoms with Crippen LogP contribution in [0.1, 0.15) is 36.5 Å². The Bertz CT molecular complexity index is 491. The summed E-state index contributed by atoms with van der Waals surface area (Å²) in [6.07, 6.45) is 3.81. The fourth-order valence-corrected chi connectivity index (χ4v) is 3.20. The van der Waals surface area contributed by atoms with Crippen molar-refractivity contribution in [3.8, 4) is 0 Å². The third-order valence-electron chi connectivity index (χ3n) is 3.71. The largest absolute Gasteiger partial charge is 0.333 e. The summed E-state index contributed by atoms with van der Waals surface area (Å²) >= 11 is 1.79. The summed E-state index contributed by atoms with van der Waals surface area (Å²) in [4.78, 5) is 7.94. The number of hydrogen-bond donors (Lipinski definition) is 1. The van der Waals surface area contributed by atoms with Crippen molar-refractivity contribution in [1.29, 1.82) is 0 Å². The van der Waals surface area contributed by atoms with Crippen molar-refractivity contribution in [3.63, 3.8) is 0 Å². The van der Waals surface area contributed by atoms with E-state index in [1.54, 1.807) is 11.3 Å². The first kappa shape index (κ1) is 14.2. The van der Waals surface area contributed by atoms with Crippen LogP contribution in [0.2, 0.25) is 0 Å². The zero-order chi connectivity index (χ0) is 13.8. The molecular weight excluding hydrogens is 256 g/mol. The van der Waals surface area contributed by atoms with Gasteiger partial charge in [-0.05, 0) is 32.3 Å². The summed E-state index contributed by atoms with van der Waals surface area (Å²) < 4.78 is 2.16. The van der Waals surface area contributed by atoms with Gasteiger partial charge < -0.3 is 10.3 Å². The van der Waals surface area contributed by atoms with Gasteiger partial charge in [-0.1, -0.05) is 6.07 Å². The van der Waals surface area contributed by atoms with Gasteiger partial charge in [0, 0.05) is 30.2 Å². The lowest BCUT2D eigenvalue weighted by Crippen LogP contribution is -2.33. The van der Waals surface area contributed by atoms with E-state index in [9.17, 15) is 0 Å². The Morgan fingerprint density at radius 2 is 2.32 bits per heavy atom. The maximum atomic E-state index is 6.00. The van der Waals surface area contributed by atoms with Gasteiger partial charge in [-0.15, -0.1) is 11.3 Å². The minimum absolute atomic E-state index is 0.194. The Morgan fingerprint density at radius 1 is 1.53 bits per heavy atom. The molecule has 0 aliphatic rings. The molecular formula is C14H22N4S. The van der Waals surface area contributed by atoms with E-state index in [4.69, 9.17) is 5.73 Å².